The van der Waals surface area contributed by atoms with Crippen LogP contribution in [0.2, 0.25) is 5.02 Å². The molecule has 0 spiro atoms. The summed E-state index contributed by atoms with van der Waals surface area (Å²) >= 11 is 5.84. The van der Waals surface area contributed by atoms with Crippen molar-refractivity contribution in [1.82, 2.24) is 15.1 Å². The first kappa shape index (κ1) is 18.7. The molecule has 0 aliphatic carbocycles. The number of rotatable bonds is 6. The van der Waals surface area contributed by atoms with E-state index in [1.165, 1.54) is 5.56 Å². The van der Waals surface area contributed by atoms with Crippen molar-refractivity contribution in [1.29, 1.82) is 0 Å². The van der Waals surface area contributed by atoms with Crippen molar-refractivity contribution in [3.05, 3.63) is 65.2 Å². The molecule has 6 heteroatoms. The molecule has 1 fully saturated rings. The van der Waals surface area contributed by atoms with Crippen molar-refractivity contribution < 1.29 is 4.79 Å². The minimum Gasteiger partial charge on any atom is -0.337 e. The molecule has 26 heavy (non-hydrogen) atoms. The smallest absolute Gasteiger partial charge is 0.319 e. The number of nitrogens with zero attached hydrogens (tertiary/aromatic N) is 2. The summed E-state index contributed by atoms with van der Waals surface area (Å²) < 4.78 is 0. The highest BCUT2D eigenvalue weighted by Crippen LogP contribution is 2.13. The zero-order valence-electron chi connectivity index (χ0n) is 14.8. The van der Waals surface area contributed by atoms with Gasteiger partial charge in [-0.3, -0.25) is 9.80 Å². The molecule has 0 radical (unpaired) electrons. The molecule has 2 amide bonds. The molecule has 1 saturated heterocycles. The van der Waals surface area contributed by atoms with E-state index in [0.717, 1.165) is 45.0 Å². The molecule has 1 heterocycles. The van der Waals surface area contributed by atoms with Gasteiger partial charge in [0.15, 0.2) is 0 Å². The van der Waals surface area contributed by atoms with E-state index in [2.05, 4.69) is 50.8 Å². The molecular formula is C20H25ClN4O. The first-order chi connectivity index (χ1) is 12.7. The van der Waals surface area contributed by atoms with Crippen LogP contribution in [0.3, 0.4) is 0 Å². The minimum atomic E-state index is -0.185. The zero-order valence-corrected chi connectivity index (χ0v) is 15.6. The number of anilines is 1. The Labute approximate surface area is 159 Å². The molecule has 1 aliphatic rings. The lowest BCUT2D eigenvalue weighted by Gasteiger charge is -2.34. The average Bonchev–Trinajstić information content (AvgIpc) is 2.66. The second kappa shape index (κ2) is 9.57. The van der Waals surface area contributed by atoms with Gasteiger partial charge < -0.3 is 10.6 Å². The van der Waals surface area contributed by atoms with Crippen LogP contribution in [0.1, 0.15) is 5.56 Å². The van der Waals surface area contributed by atoms with E-state index < -0.39 is 0 Å². The summed E-state index contributed by atoms with van der Waals surface area (Å²) in [5.74, 6) is 0. The molecule has 3 rings (SSSR count). The number of carbonyl (C=O) groups is 1. The standard InChI is InChI=1S/C20H25ClN4O/c21-18-6-8-19(9-7-18)23-20(26)22-10-11-24-12-14-25(15-13-24)16-17-4-2-1-3-5-17/h1-9H,10-16H2,(H2,22,23,26). The number of benzene rings is 2. The zero-order chi connectivity index (χ0) is 18.2. The maximum atomic E-state index is 11.9. The van der Waals surface area contributed by atoms with Gasteiger partial charge in [-0.05, 0) is 29.8 Å². The monoisotopic (exact) mass is 372 g/mol. The second-order valence-corrected chi connectivity index (χ2v) is 6.93. The number of urea groups is 1. The third-order valence-corrected chi connectivity index (χ3v) is 4.78. The van der Waals surface area contributed by atoms with E-state index in [-0.39, 0.29) is 6.03 Å². The predicted octanol–water partition coefficient (Wildman–Crippen LogP) is 3.28. The number of nitrogens with one attached hydrogen (secondary N) is 2. The van der Waals surface area contributed by atoms with Crippen LogP contribution in [-0.2, 0) is 6.54 Å². The lowest BCUT2D eigenvalue weighted by atomic mass is 10.2. The van der Waals surface area contributed by atoms with Gasteiger partial charge >= 0.3 is 6.03 Å². The normalized spacial score (nSPS) is 15.6. The Morgan fingerprint density at radius 1 is 0.923 bits per heavy atom. The van der Waals surface area contributed by atoms with Crippen LogP contribution in [0.4, 0.5) is 10.5 Å². The Morgan fingerprint density at radius 2 is 1.58 bits per heavy atom. The molecule has 1 aliphatic heterocycles. The maximum absolute atomic E-state index is 11.9. The average molecular weight is 373 g/mol. The van der Waals surface area contributed by atoms with E-state index in [1.54, 1.807) is 24.3 Å². The molecule has 0 atom stereocenters. The second-order valence-electron chi connectivity index (χ2n) is 6.49. The fourth-order valence-electron chi connectivity index (χ4n) is 3.05. The lowest BCUT2D eigenvalue weighted by molar-refractivity contribution is 0.128. The molecule has 0 bridgehead atoms. The van der Waals surface area contributed by atoms with Crippen molar-refractivity contribution in [2.45, 2.75) is 6.54 Å². The van der Waals surface area contributed by atoms with Gasteiger partial charge in [-0.25, -0.2) is 4.79 Å². The first-order valence-electron chi connectivity index (χ1n) is 8.98. The molecule has 0 saturated carbocycles. The summed E-state index contributed by atoms with van der Waals surface area (Å²) in [6, 6.07) is 17.5. The highest BCUT2D eigenvalue weighted by molar-refractivity contribution is 6.30. The van der Waals surface area contributed by atoms with Crippen LogP contribution in [-0.4, -0.2) is 55.1 Å². The third kappa shape index (κ3) is 6.02. The van der Waals surface area contributed by atoms with E-state index in [4.69, 9.17) is 11.6 Å². The molecule has 5 nitrogen and oxygen atoms in total. The molecule has 2 N–H and O–H groups in total. The summed E-state index contributed by atoms with van der Waals surface area (Å²) in [6.07, 6.45) is 0. The largest absolute Gasteiger partial charge is 0.337 e. The summed E-state index contributed by atoms with van der Waals surface area (Å²) in [6.45, 7) is 6.71. The Hall–Kier alpha value is -2.08. The number of hydrogen-bond acceptors (Lipinski definition) is 3. The number of hydrogen-bond donors (Lipinski definition) is 2. The predicted molar refractivity (Wildman–Crippen MR) is 107 cm³/mol. The maximum Gasteiger partial charge on any atom is 0.319 e. The molecule has 138 valence electrons. The van der Waals surface area contributed by atoms with Gasteiger partial charge in [-0.15, -0.1) is 0 Å². The Morgan fingerprint density at radius 3 is 2.27 bits per heavy atom. The van der Waals surface area contributed by atoms with Crippen molar-refractivity contribution in [3.63, 3.8) is 0 Å². The van der Waals surface area contributed by atoms with Crippen LogP contribution in [0.25, 0.3) is 0 Å². The van der Waals surface area contributed by atoms with Crippen LogP contribution in [0.5, 0.6) is 0 Å². The summed E-state index contributed by atoms with van der Waals surface area (Å²) in [7, 11) is 0. The first-order valence-corrected chi connectivity index (χ1v) is 9.36. The van der Waals surface area contributed by atoms with Crippen molar-refractivity contribution in [2.24, 2.45) is 0 Å². The molecule has 0 unspecified atom stereocenters. The van der Waals surface area contributed by atoms with E-state index in [1.807, 2.05) is 0 Å². The van der Waals surface area contributed by atoms with Gasteiger partial charge in [-0.2, -0.15) is 0 Å². The fourth-order valence-corrected chi connectivity index (χ4v) is 3.17. The van der Waals surface area contributed by atoms with Crippen molar-refractivity contribution in [3.8, 4) is 0 Å². The quantitative estimate of drug-likeness (QED) is 0.818. The Kier molecular flexibility index (Phi) is 6.89. The van der Waals surface area contributed by atoms with Crippen molar-refractivity contribution in [2.75, 3.05) is 44.6 Å². The van der Waals surface area contributed by atoms with E-state index in [0.29, 0.717) is 11.6 Å². The summed E-state index contributed by atoms with van der Waals surface area (Å²) in [5.41, 5.74) is 2.10. The van der Waals surface area contributed by atoms with Gasteiger partial charge in [0.05, 0.1) is 0 Å². The van der Waals surface area contributed by atoms with Gasteiger partial charge in [0.2, 0.25) is 0 Å². The minimum absolute atomic E-state index is 0.185. The number of piperazine rings is 1. The van der Waals surface area contributed by atoms with Gasteiger partial charge in [0, 0.05) is 56.5 Å². The van der Waals surface area contributed by atoms with Gasteiger partial charge in [-0.1, -0.05) is 41.9 Å². The highest BCUT2D eigenvalue weighted by Gasteiger charge is 2.16. The van der Waals surface area contributed by atoms with Gasteiger partial charge in [0.1, 0.15) is 0 Å². The van der Waals surface area contributed by atoms with Gasteiger partial charge in [0.25, 0.3) is 0 Å². The van der Waals surface area contributed by atoms with Crippen molar-refractivity contribution >= 4 is 23.3 Å². The number of amides is 2. The molecule has 2 aromatic carbocycles. The number of carbonyl (C=O) groups excluding carboxylic acids is 1. The van der Waals surface area contributed by atoms with E-state index in [9.17, 15) is 4.79 Å². The van der Waals surface area contributed by atoms with Crippen LogP contribution in [0, 0.1) is 0 Å². The highest BCUT2D eigenvalue weighted by atomic mass is 35.5. The summed E-state index contributed by atoms with van der Waals surface area (Å²) in [4.78, 5) is 16.8. The number of halogens is 1. The summed E-state index contributed by atoms with van der Waals surface area (Å²) in [5, 5.41) is 6.37. The van der Waals surface area contributed by atoms with Crippen LogP contribution in [0.15, 0.2) is 54.6 Å². The third-order valence-electron chi connectivity index (χ3n) is 4.53. The fraction of sp³-hybridized carbons (Fsp3) is 0.350. The Balaban J connectivity index is 1.31. The molecule has 0 aromatic heterocycles. The van der Waals surface area contributed by atoms with E-state index >= 15 is 0 Å². The topological polar surface area (TPSA) is 47.6 Å². The molecule has 2 aromatic rings. The molecular weight excluding hydrogens is 348 g/mol. The SMILES string of the molecule is O=C(NCCN1CCN(Cc2ccccc2)CC1)Nc1ccc(Cl)cc1. The van der Waals surface area contributed by atoms with Crippen LogP contribution >= 0.6 is 11.6 Å². The Bertz CT molecular complexity index is 685. The lowest BCUT2D eigenvalue weighted by Crippen LogP contribution is -2.48. The van der Waals surface area contributed by atoms with Crippen LogP contribution < -0.4 is 10.6 Å².